The van der Waals surface area contributed by atoms with E-state index in [1.54, 1.807) is 6.26 Å². The SMILES string of the molecule is CSCCC(NC(=O)C(CCCN=C(N)N)NC(=O)C(CO)NC(=O)C(C)N)C(=O)O. The maximum absolute atomic E-state index is 12.7. The molecule has 14 heteroatoms. The van der Waals surface area contributed by atoms with Crippen LogP contribution in [0.3, 0.4) is 0 Å². The van der Waals surface area contributed by atoms with Gasteiger partial charge in [-0.15, -0.1) is 0 Å². The zero-order valence-electron chi connectivity index (χ0n) is 17.7. The van der Waals surface area contributed by atoms with E-state index in [-0.39, 0.29) is 25.3 Å². The second-order valence-electron chi connectivity index (χ2n) is 6.72. The van der Waals surface area contributed by atoms with Gasteiger partial charge < -0.3 is 43.4 Å². The van der Waals surface area contributed by atoms with Crippen LogP contribution in [0.2, 0.25) is 0 Å². The van der Waals surface area contributed by atoms with Crippen LogP contribution in [0, 0.1) is 0 Å². The van der Waals surface area contributed by atoms with E-state index in [0.717, 1.165) is 0 Å². The number of carbonyl (C=O) groups excluding carboxylic acids is 3. The number of nitrogens with zero attached hydrogens (tertiary/aromatic N) is 1. The third-order valence-corrected chi connectivity index (χ3v) is 4.68. The van der Waals surface area contributed by atoms with Gasteiger partial charge in [-0.05, 0) is 38.2 Å². The molecule has 4 unspecified atom stereocenters. The summed E-state index contributed by atoms with van der Waals surface area (Å²) in [6.45, 7) is 0.863. The number of aliphatic hydroxyl groups is 1. The lowest BCUT2D eigenvalue weighted by atomic mass is 10.1. The first-order valence-corrected chi connectivity index (χ1v) is 11.0. The molecule has 0 heterocycles. The van der Waals surface area contributed by atoms with Crippen LogP contribution in [-0.4, -0.2) is 89.2 Å². The second-order valence-corrected chi connectivity index (χ2v) is 7.71. The average Bonchev–Trinajstić information content (AvgIpc) is 2.70. The Kier molecular flexibility index (Phi) is 14.0. The van der Waals surface area contributed by atoms with Crippen molar-refractivity contribution in [2.45, 2.75) is 50.4 Å². The van der Waals surface area contributed by atoms with Gasteiger partial charge >= 0.3 is 5.97 Å². The van der Waals surface area contributed by atoms with Crippen LogP contribution in [0.5, 0.6) is 0 Å². The summed E-state index contributed by atoms with van der Waals surface area (Å²) < 4.78 is 0. The molecule has 0 aliphatic carbocycles. The number of hydrogen-bond donors (Lipinski definition) is 8. The number of rotatable bonds is 15. The molecule has 0 aromatic carbocycles. The van der Waals surface area contributed by atoms with Crippen molar-refractivity contribution in [3.63, 3.8) is 0 Å². The van der Waals surface area contributed by atoms with Crippen molar-refractivity contribution >= 4 is 41.4 Å². The number of guanidine groups is 1. The first-order chi connectivity index (χ1) is 14.5. The summed E-state index contributed by atoms with van der Waals surface area (Å²) in [6.07, 6.45) is 2.39. The number of aliphatic imine (C=N–C) groups is 1. The Morgan fingerprint density at radius 2 is 1.52 bits per heavy atom. The maximum atomic E-state index is 12.7. The Bertz CT molecular complexity index is 642. The number of thioether (sulfide) groups is 1. The molecule has 11 N–H and O–H groups in total. The molecule has 0 saturated heterocycles. The molecular formula is C17H33N7O6S. The van der Waals surface area contributed by atoms with E-state index in [4.69, 9.17) is 17.2 Å². The zero-order chi connectivity index (χ0) is 24.0. The van der Waals surface area contributed by atoms with Crippen LogP contribution in [0.4, 0.5) is 0 Å². The Balaban J connectivity index is 5.30. The zero-order valence-corrected chi connectivity index (χ0v) is 18.5. The molecule has 0 rings (SSSR count). The van der Waals surface area contributed by atoms with Gasteiger partial charge in [0, 0.05) is 6.54 Å². The van der Waals surface area contributed by atoms with Gasteiger partial charge in [-0.25, -0.2) is 4.79 Å². The van der Waals surface area contributed by atoms with E-state index >= 15 is 0 Å². The van der Waals surface area contributed by atoms with E-state index < -0.39 is 54.5 Å². The van der Waals surface area contributed by atoms with Crippen LogP contribution < -0.4 is 33.2 Å². The Morgan fingerprint density at radius 3 is 2.00 bits per heavy atom. The fourth-order valence-electron chi connectivity index (χ4n) is 2.31. The van der Waals surface area contributed by atoms with Gasteiger partial charge in [-0.1, -0.05) is 0 Å². The average molecular weight is 464 g/mol. The summed E-state index contributed by atoms with van der Waals surface area (Å²) in [5.74, 6) is -3.03. The summed E-state index contributed by atoms with van der Waals surface area (Å²) in [4.78, 5) is 52.1. The number of aliphatic carboxylic acids is 1. The molecule has 0 aromatic heterocycles. The third kappa shape index (κ3) is 12.0. The fourth-order valence-corrected chi connectivity index (χ4v) is 2.78. The molecule has 0 bridgehead atoms. The maximum Gasteiger partial charge on any atom is 0.326 e. The number of nitrogens with one attached hydrogen (secondary N) is 3. The highest BCUT2D eigenvalue weighted by Gasteiger charge is 2.29. The van der Waals surface area contributed by atoms with E-state index in [1.165, 1.54) is 18.7 Å². The van der Waals surface area contributed by atoms with Crippen LogP contribution in [-0.2, 0) is 19.2 Å². The second kappa shape index (κ2) is 15.3. The van der Waals surface area contributed by atoms with Crippen molar-refractivity contribution in [2.24, 2.45) is 22.2 Å². The molecule has 0 radical (unpaired) electrons. The molecule has 4 atom stereocenters. The molecular weight excluding hydrogens is 430 g/mol. The molecule has 13 nitrogen and oxygen atoms in total. The van der Waals surface area contributed by atoms with E-state index in [9.17, 15) is 29.4 Å². The van der Waals surface area contributed by atoms with Crippen molar-refractivity contribution in [3.05, 3.63) is 0 Å². The lowest BCUT2D eigenvalue weighted by molar-refractivity contribution is -0.142. The number of carboxylic acid groups (broad SMARTS) is 1. The first kappa shape index (κ1) is 28.4. The normalized spacial score (nSPS) is 14.5. The molecule has 0 aliphatic heterocycles. The topological polar surface area (TPSA) is 235 Å². The molecule has 31 heavy (non-hydrogen) atoms. The smallest absolute Gasteiger partial charge is 0.326 e. The quantitative estimate of drug-likeness (QED) is 0.0683. The largest absolute Gasteiger partial charge is 0.480 e. The molecule has 0 aliphatic rings. The van der Waals surface area contributed by atoms with Gasteiger partial charge in [0.1, 0.15) is 18.1 Å². The molecule has 0 saturated carbocycles. The first-order valence-electron chi connectivity index (χ1n) is 9.58. The van der Waals surface area contributed by atoms with Crippen molar-refractivity contribution in [2.75, 3.05) is 25.2 Å². The molecule has 3 amide bonds. The van der Waals surface area contributed by atoms with Crippen molar-refractivity contribution in [1.82, 2.24) is 16.0 Å². The van der Waals surface area contributed by atoms with Crippen LogP contribution >= 0.6 is 11.8 Å². The van der Waals surface area contributed by atoms with Gasteiger partial charge in [-0.3, -0.25) is 19.4 Å². The van der Waals surface area contributed by atoms with Gasteiger partial charge in [0.2, 0.25) is 17.7 Å². The predicted octanol–water partition coefficient (Wildman–Crippen LogP) is -3.33. The number of nitrogens with two attached hydrogens (primary N) is 3. The summed E-state index contributed by atoms with van der Waals surface area (Å²) in [5.41, 5.74) is 16.0. The Hall–Kier alpha value is -2.58. The standard InChI is InChI=1S/C17H33N7O6S/c1-9(18)13(26)24-12(8-25)15(28)22-10(4-3-6-21-17(19)20)14(27)23-11(16(29)30)5-7-31-2/h9-12,25H,3-8,18H2,1-2H3,(H,22,28)(H,23,27)(H,24,26)(H,29,30)(H4,19,20,21). The van der Waals surface area contributed by atoms with Crippen molar-refractivity contribution in [1.29, 1.82) is 0 Å². The highest BCUT2D eigenvalue weighted by molar-refractivity contribution is 7.98. The third-order valence-electron chi connectivity index (χ3n) is 4.03. The lowest BCUT2D eigenvalue weighted by Gasteiger charge is -2.24. The van der Waals surface area contributed by atoms with Crippen LogP contribution in [0.25, 0.3) is 0 Å². The highest BCUT2D eigenvalue weighted by atomic mass is 32.2. The number of amides is 3. The number of hydrogen-bond acceptors (Lipinski definition) is 8. The molecule has 0 fully saturated rings. The monoisotopic (exact) mass is 463 g/mol. The van der Waals surface area contributed by atoms with Gasteiger partial charge in [-0.2, -0.15) is 11.8 Å². The van der Waals surface area contributed by atoms with Crippen molar-refractivity contribution < 1.29 is 29.4 Å². The summed E-state index contributed by atoms with van der Waals surface area (Å²) in [6, 6.07) is -4.52. The highest BCUT2D eigenvalue weighted by Crippen LogP contribution is 2.05. The van der Waals surface area contributed by atoms with E-state index in [2.05, 4.69) is 20.9 Å². The van der Waals surface area contributed by atoms with Crippen LogP contribution in [0.15, 0.2) is 4.99 Å². The summed E-state index contributed by atoms with van der Waals surface area (Å²) in [5, 5.41) is 25.8. The Labute approximate surface area is 185 Å². The minimum absolute atomic E-state index is 0.0859. The minimum Gasteiger partial charge on any atom is -0.480 e. The number of carboxylic acids is 1. The molecule has 178 valence electrons. The summed E-state index contributed by atoms with van der Waals surface area (Å²) in [7, 11) is 0. The number of aliphatic hydroxyl groups excluding tert-OH is 1. The fraction of sp³-hybridized carbons (Fsp3) is 0.706. The number of carbonyl (C=O) groups is 4. The van der Waals surface area contributed by atoms with Crippen LogP contribution in [0.1, 0.15) is 26.2 Å². The molecule has 0 spiro atoms. The van der Waals surface area contributed by atoms with Gasteiger partial charge in [0.05, 0.1) is 12.6 Å². The Morgan fingerprint density at radius 1 is 0.968 bits per heavy atom. The molecule has 0 aromatic rings. The van der Waals surface area contributed by atoms with Gasteiger partial charge in [0.25, 0.3) is 0 Å². The predicted molar refractivity (Wildman–Crippen MR) is 117 cm³/mol. The van der Waals surface area contributed by atoms with E-state index in [0.29, 0.717) is 12.2 Å². The van der Waals surface area contributed by atoms with E-state index in [1.807, 2.05) is 0 Å². The van der Waals surface area contributed by atoms with Crippen molar-refractivity contribution in [3.8, 4) is 0 Å². The lowest BCUT2D eigenvalue weighted by Crippen LogP contribution is -2.57. The van der Waals surface area contributed by atoms with Gasteiger partial charge in [0.15, 0.2) is 5.96 Å². The minimum atomic E-state index is -1.33. The summed E-state index contributed by atoms with van der Waals surface area (Å²) >= 11 is 1.43.